The molecule has 0 bridgehead atoms. The van der Waals surface area contributed by atoms with Crippen LogP contribution in [0.2, 0.25) is 0 Å². The van der Waals surface area contributed by atoms with Crippen molar-refractivity contribution < 1.29 is 5.11 Å². The third kappa shape index (κ3) is 4.97. The molecule has 0 aliphatic heterocycles. The molecule has 0 unspecified atom stereocenters. The molecule has 0 aromatic carbocycles. The van der Waals surface area contributed by atoms with E-state index in [2.05, 4.69) is 13.2 Å². The highest BCUT2D eigenvalue weighted by Gasteiger charge is 1.86. The summed E-state index contributed by atoms with van der Waals surface area (Å²) in [6, 6.07) is 0. The fraction of sp³-hybridized carbons (Fsp3) is 0.250. The van der Waals surface area contributed by atoms with Crippen molar-refractivity contribution in [1.82, 2.24) is 0 Å². The van der Waals surface area contributed by atoms with E-state index in [-0.39, 0.29) is 11.5 Å². The molecule has 2 heteroatoms. The van der Waals surface area contributed by atoms with Gasteiger partial charge in [0.15, 0.2) is 0 Å². The Hall–Kier alpha value is -1.18. The van der Waals surface area contributed by atoms with Crippen LogP contribution < -0.4 is 5.73 Å². The van der Waals surface area contributed by atoms with Gasteiger partial charge in [-0.05, 0) is 12.2 Å². The first kappa shape index (κ1) is 11.6. The maximum absolute atomic E-state index is 8.69. The number of aliphatic hydroxyl groups is 1. The lowest BCUT2D eigenvalue weighted by Crippen LogP contribution is -1.96. The smallest absolute Gasteiger partial charge is 0.137 e. The second-order valence-electron chi connectivity index (χ2n) is 1.25. The average Bonchev–Trinajstić information content (AvgIpc) is 2.05. The molecule has 0 saturated carbocycles. The van der Waals surface area contributed by atoms with Gasteiger partial charge in [-0.1, -0.05) is 27.0 Å². The van der Waals surface area contributed by atoms with Gasteiger partial charge in [-0.2, -0.15) is 0 Å². The Morgan fingerprint density at radius 3 is 1.80 bits per heavy atom. The number of hydrogen-bond acceptors (Lipinski definition) is 2. The van der Waals surface area contributed by atoms with E-state index < -0.39 is 0 Å². The molecule has 0 amide bonds. The highest BCUT2D eigenvalue weighted by molar-refractivity contribution is 5.22. The van der Waals surface area contributed by atoms with E-state index in [1.807, 2.05) is 13.8 Å². The van der Waals surface area contributed by atoms with Crippen molar-refractivity contribution in [3.05, 3.63) is 36.8 Å². The second kappa shape index (κ2) is 7.82. The number of allylic oxidation sites excluding steroid dienone is 2. The zero-order chi connectivity index (χ0) is 8.57. The van der Waals surface area contributed by atoms with E-state index in [9.17, 15) is 0 Å². The molecule has 2 nitrogen and oxygen atoms in total. The third-order valence-electron chi connectivity index (χ3n) is 0.709. The van der Waals surface area contributed by atoms with Crippen molar-refractivity contribution in [2.75, 3.05) is 0 Å². The van der Waals surface area contributed by atoms with Gasteiger partial charge in [0, 0.05) is 0 Å². The van der Waals surface area contributed by atoms with Crippen molar-refractivity contribution in [3.8, 4) is 0 Å². The topological polar surface area (TPSA) is 46.2 Å². The minimum absolute atomic E-state index is 0.0278. The molecular weight excluding hydrogens is 126 g/mol. The van der Waals surface area contributed by atoms with Crippen molar-refractivity contribution in [2.24, 2.45) is 5.73 Å². The van der Waals surface area contributed by atoms with Crippen LogP contribution in [0.4, 0.5) is 0 Å². The molecule has 0 aromatic rings. The highest BCUT2D eigenvalue weighted by Crippen LogP contribution is 1.93. The van der Waals surface area contributed by atoms with Gasteiger partial charge in [-0.3, -0.25) is 0 Å². The molecule has 0 aromatic heterocycles. The lowest BCUT2D eigenvalue weighted by molar-refractivity contribution is 0.427. The fourth-order valence-electron chi connectivity index (χ4n) is 0.222. The van der Waals surface area contributed by atoms with Gasteiger partial charge in [-0.25, -0.2) is 0 Å². The van der Waals surface area contributed by atoms with Crippen LogP contribution in [0.3, 0.4) is 0 Å². The Morgan fingerprint density at radius 2 is 1.70 bits per heavy atom. The third-order valence-corrected chi connectivity index (χ3v) is 0.709. The number of nitrogens with two attached hydrogens (primary N) is 1. The summed E-state index contributed by atoms with van der Waals surface area (Å²) >= 11 is 0. The SMILES string of the molecule is C=C/C(N)=C(/O)C=C.CC. The zero-order valence-electron chi connectivity index (χ0n) is 6.59. The molecular formula is C8H15NO. The van der Waals surface area contributed by atoms with Crippen LogP contribution in [0, 0.1) is 0 Å². The van der Waals surface area contributed by atoms with E-state index in [0.717, 1.165) is 0 Å². The van der Waals surface area contributed by atoms with Crippen molar-refractivity contribution >= 4 is 0 Å². The average molecular weight is 141 g/mol. The quantitative estimate of drug-likeness (QED) is 0.457. The summed E-state index contributed by atoms with van der Waals surface area (Å²) < 4.78 is 0. The summed E-state index contributed by atoms with van der Waals surface area (Å²) in [5.41, 5.74) is 5.42. The Labute approximate surface area is 62.4 Å². The monoisotopic (exact) mass is 141 g/mol. The van der Waals surface area contributed by atoms with Crippen LogP contribution in [0.1, 0.15) is 13.8 Å². The number of hydrogen-bond donors (Lipinski definition) is 2. The predicted molar refractivity (Wildman–Crippen MR) is 45.6 cm³/mol. The van der Waals surface area contributed by atoms with Gasteiger partial charge in [0.25, 0.3) is 0 Å². The van der Waals surface area contributed by atoms with Crippen molar-refractivity contribution in [3.63, 3.8) is 0 Å². The Bertz CT molecular complexity index is 120. The van der Waals surface area contributed by atoms with Crippen LogP contribution in [0.5, 0.6) is 0 Å². The number of rotatable bonds is 2. The molecule has 58 valence electrons. The summed E-state index contributed by atoms with van der Waals surface area (Å²) in [5.74, 6) is -0.0278. The van der Waals surface area contributed by atoms with Gasteiger partial charge in [0.1, 0.15) is 5.76 Å². The summed E-state index contributed by atoms with van der Waals surface area (Å²) in [6.07, 6.45) is 2.62. The first-order valence-corrected chi connectivity index (χ1v) is 3.16. The van der Waals surface area contributed by atoms with Gasteiger partial charge in [-0.15, -0.1) is 0 Å². The summed E-state index contributed by atoms with van der Waals surface area (Å²) in [7, 11) is 0. The maximum Gasteiger partial charge on any atom is 0.137 e. The molecule has 0 fully saturated rings. The Morgan fingerprint density at radius 1 is 1.30 bits per heavy atom. The lowest BCUT2D eigenvalue weighted by atomic mass is 10.3. The number of aliphatic hydroxyl groups excluding tert-OH is 1. The van der Waals surface area contributed by atoms with Crippen LogP contribution in [0.15, 0.2) is 36.8 Å². The van der Waals surface area contributed by atoms with Crippen molar-refractivity contribution in [2.45, 2.75) is 13.8 Å². The highest BCUT2D eigenvalue weighted by atomic mass is 16.3. The minimum Gasteiger partial charge on any atom is -0.506 e. The van der Waals surface area contributed by atoms with Crippen LogP contribution >= 0.6 is 0 Å². The van der Waals surface area contributed by atoms with Gasteiger partial charge in [0.2, 0.25) is 0 Å². The first-order valence-electron chi connectivity index (χ1n) is 3.16. The fourth-order valence-corrected chi connectivity index (χ4v) is 0.222. The molecule has 0 atom stereocenters. The standard InChI is InChI=1S/C6H9NO.C2H6/c1-3-5(7)6(8)4-2;1-2/h3-4,8H,1-2,7H2;1-2H3/b6-5-;. The largest absolute Gasteiger partial charge is 0.506 e. The maximum atomic E-state index is 8.69. The van der Waals surface area contributed by atoms with Crippen LogP contribution in [-0.4, -0.2) is 5.11 Å². The van der Waals surface area contributed by atoms with E-state index in [1.54, 1.807) is 0 Å². The second-order valence-corrected chi connectivity index (χ2v) is 1.25. The Balaban J connectivity index is 0. The van der Waals surface area contributed by atoms with Crippen LogP contribution in [-0.2, 0) is 0 Å². The summed E-state index contributed by atoms with van der Waals surface area (Å²) in [6.45, 7) is 10.6. The molecule has 0 spiro atoms. The van der Waals surface area contributed by atoms with Gasteiger partial charge in [0.05, 0.1) is 5.70 Å². The molecule has 0 aliphatic carbocycles. The van der Waals surface area contributed by atoms with Crippen LogP contribution in [0.25, 0.3) is 0 Å². The molecule has 0 aliphatic rings. The lowest BCUT2D eigenvalue weighted by Gasteiger charge is -1.91. The van der Waals surface area contributed by atoms with Gasteiger partial charge >= 0.3 is 0 Å². The molecule has 10 heavy (non-hydrogen) atoms. The molecule has 0 heterocycles. The first-order chi connectivity index (χ1) is 4.72. The normalized spacial score (nSPS) is 10.2. The zero-order valence-corrected chi connectivity index (χ0v) is 6.59. The molecule has 0 saturated heterocycles. The summed E-state index contributed by atoms with van der Waals surface area (Å²) in [4.78, 5) is 0. The Kier molecular flexibility index (Phi) is 9.07. The minimum atomic E-state index is -0.0278. The van der Waals surface area contributed by atoms with E-state index in [0.29, 0.717) is 0 Å². The predicted octanol–water partition coefficient (Wildman–Crippen LogP) is 2.11. The van der Waals surface area contributed by atoms with Crippen molar-refractivity contribution in [1.29, 1.82) is 0 Å². The van der Waals surface area contributed by atoms with Gasteiger partial charge < -0.3 is 10.8 Å². The molecule has 0 rings (SSSR count). The summed E-state index contributed by atoms with van der Waals surface area (Å²) in [5, 5.41) is 8.69. The van der Waals surface area contributed by atoms with E-state index in [4.69, 9.17) is 10.8 Å². The molecule has 0 radical (unpaired) electrons. The molecule has 3 N–H and O–H groups in total. The van der Waals surface area contributed by atoms with E-state index >= 15 is 0 Å². The van der Waals surface area contributed by atoms with E-state index in [1.165, 1.54) is 12.2 Å².